The van der Waals surface area contributed by atoms with Crippen molar-refractivity contribution in [3.05, 3.63) is 41.5 Å². The third-order valence-corrected chi connectivity index (χ3v) is 1.90. The lowest BCUT2D eigenvalue weighted by Crippen LogP contribution is -1.79. The summed E-state index contributed by atoms with van der Waals surface area (Å²) < 4.78 is 7.44. The summed E-state index contributed by atoms with van der Waals surface area (Å²) in [6.45, 7) is 2.11. The van der Waals surface area contributed by atoms with Crippen LogP contribution in [-0.4, -0.2) is 5.94 Å². The molecule has 0 fully saturated rings. The summed E-state index contributed by atoms with van der Waals surface area (Å²) in [6, 6.07) is 7.28. The summed E-state index contributed by atoms with van der Waals surface area (Å²) in [7, 11) is 0. The summed E-state index contributed by atoms with van der Waals surface area (Å²) >= 11 is 0. The number of allylic oxidation sites excluding steroid dienone is 1. The summed E-state index contributed by atoms with van der Waals surface area (Å²) in [6.07, 6.45) is 6.10. The van der Waals surface area contributed by atoms with Gasteiger partial charge in [-0.3, -0.25) is 0 Å². The molecule has 1 heteroatoms. The van der Waals surface area contributed by atoms with Gasteiger partial charge >= 0.3 is 0 Å². The molecule has 1 aromatic rings. The third-order valence-electron chi connectivity index (χ3n) is 1.90. The smallest absolute Gasteiger partial charge is 0.125 e. The Labute approximate surface area is 86.2 Å². The van der Waals surface area contributed by atoms with E-state index >= 15 is 0 Å². The van der Waals surface area contributed by atoms with Crippen molar-refractivity contribution >= 4 is 18.1 Å². The van der Waals surface area contributed by atoms with Crippen LogP contribution in [0.15, 0.2) is 30.3 Å². The van der Waals surface area contributed by atoms with Gasteiger partial charge in [-0.05, 0) is 17.5 Å². The maximum atomic E-state index is 10.4. The van der Waals surface area contributed by atoms with E-state index in [4.69, 9.17) is 1.37 Å². The number of hydrogen-bond acceptors (Lipinski definition) is 1. The second-order valence-electron chi connectivity index (χ2n) is 3.01. The van der Waals surface area contributed by atoms with Crippen LogP contribution in [0.1, 0.15) is 32.3 Å². The van der Waals surface area contributed by atoms with Crippen LogP contribution in [0.5, 0.6) is 0 Å². The van der Waals surface area contributed by atoms with Crippen LogP contribution in [-0.2, 0) is 4.79 Å². The summed E-state index contributed by atoms with van der Waals surface area (Å²) in [4.78, 5) is 10.4. The zero-order valence-electron chi connectivity index (χ0n) is 9.29. The molecule has 0 saturated carbocycles. The first kappa shape index (κ1) is 8.98. The van der Waals surface area contributed by atoms with Crippen molar-refractivity contribution in [1.29, 1.82) is 0 Å². The van der Waals surface area contributed by atoms with Crippen LogP contribution in [0.3, 0.4) is 0 Å². The molecule has 0 heterocycles. The van der Waals surface area contributed by atoms with E-state index in [-0.39, 0.29) is 6.05 Å². The van der Waals surface area contributed by atoms with Gasteiger partial charge in [0.2, 0.25) is 0 Å². The van der Waals surface area contributed by atoms with Gasteiger partial charge in [0.1, 0.15) is 5.94 Å². The molecule has 0 aliphatic rings. The van der Waals surface area contributed by atoms with Gasteiger partial charge < -0.3 is 0 Å². The molecule has 0 atom stereocenters. The first-order valence-electron chi connectivity index (χ1n) is 5.27. The van der Waals surface area contributed by atoms with E-state index in [1.807, 2.05) is 24.3 Å². The molecule has 1 nitrogen and oxygen atoms in total. The minimum absolute atomic E-state index is 0.0910. The van der Waals surface area contributed by atoms with Crippen molar-refractivity contribution in [2.45, 2.75) is 19.8 Å². The summed E-state index contributed by atoms with van der Waals surface area (Å²) in [5.41, 5.74) is 1.54. The number of benzene rings is 1. The highest BCUT2D eigenvalue weighted by Gasteiger charge is 1.93. The minimum Gasteiger partial charge on any atom is -0.233 e. The lowest BCUT2D eigenvalue weighted by Gasteiger charge is -1.97. The highest BCUT2D eigenvalue weighted by atomic mass is 16.1. The van der Waals surface area contributed by atoms with Crippen molar-refractivity contribution in [3.8, 4) is 0 Å². The lowest BCUT2D eigenvalue weighted by atomic mass is 10.1. The minimum atomic E-state index is -0.0910. The van der Waals surface area contributed by atoms with Gasteiger partial charge in [-0.25, -0.2) is 4.79 Å². The van der Waals surface area contributed by atoms with E-state index in [9.17, 15) is 4.79 Å². The van der Waals surface area contributed by atoms with Crippen molar-refractivity contribution in [2.24, 2.45) is 0 Å². The molecule has 14 heavy (non-hydrogen) atoms. The fraction of sp³-hybridized carbons (Fsp3) is 0.231. The molecule has 0 spiro atoms. The maximum Gasteiger partial charge on any atom is 0.125 e. The second kappa shape index (κ2) is 5.95. The zero-order valence-corrected chi connectivity index (χ0v) is 8.29. The van der Waals surface area contributed by atoms with Gasteiger partial charge in [-0.1, -0.05) is 49.8 Å². The molecule has 1 aromatic carbocycles. The lowest BCUT2D eigenvalue weighted by molar-refractivity contribution is 0.570. The molecular formula is C13H14O. The largest absolute Gasteiger partial charge is 0.233 e. The number of carbonyl (C=O) groups excluding carboxylic acids is 1. The Morgan fingerprint density at radius 3 is 2.79 bits per heavy atom. The van der Waals surface area contributed by atoms with Gasteiger partial charge in [-0.15, -0.1) is 0 Å². The molecule has 0 saturated heterocycles. The molecule has 0 unspecified atom stereocenters. The Morgan fingerprint density at radius 1 is 1.43 bits per heavy atom. The predicted octanol–water partition coefficient (Wildman–Crippen LogP) is 3.34. The van der Waals surface area contributed by atoms with E-state index < -0.39 is 0 Å². The normalized spacial score (nSPS) is 11.1. The third kappa shape index (κ3) is 3.04. The quantitative estimate of drug-likeness (QED) is 0.661. The molecule has 72 valence electrons. The molecular weight excluding hydrogens is 172 g/mol. The van der Waals surface area contributed by atoms with Gasteiger partial charge in [0.15, 0.2) is 0 Å². The number of hydrogen-bond donors (Lipinski definition) is 0. The van der Waals surface area contributed by atoms with Crippen LogP contribution < -0.4 is 0 Å². The molecule has 0 aliphatic heterocycles. The molecule has 0 aliphatic carbocycles. The van der Waals surface area contributed by atoms with Gasteiger partial charge in [0.25, 0.3) is 0 Å². The van der Waals surface area contributed by atoms with Crippen LogP contribution in [0.4, 0.5) is 0 Å². The summed E-state index contributed by atoms with van der Waals surface area (Å²) in [5, 5.41) is 0. The average molecular weight is 187 g/mol. The monoisotopic (exact) mass is 187 g/mol. The predicted molar refractivity (Wildman–Crippen MR) is 60.5 cm³/mol. The van der Waals surface area contributed by atoms with Crippen molar-refractivity contribution in [3.63, 3.8) is 0 Å². The van der Waals surface area contributed by atoms with Crippen LogP contribution in [0.25, 0.3) is 12.1 Å². The Bertz CT molecular complexity index is 401. The zero-order chi connectivity index (χ0) is 11.1. The molecule has 1 rings (SSSR count). The topological polar surface area (TPSA) is 17.1 Å². The summed E-state index contributed by atoms with van der Waals surface area (Å²) in [5.74, 6) is 1.61. The van der Waals surface area contributed by atoms with Crippen molar-refractivity contribution in [1.82, 2.24) is 0 Å². The van der Waals surface area contributed by atoms with E-state index in [1.165, 1.54) is 0 Å². The van der Waals surface area contributed by atoms with Crippen molar-refractivity contribution < 1.29 is 6.17 Å². The standard InChI is InChI=1S/C13H14O/c1-2-3-4-7-12-8-5-6-9-13(12)10-11-14/h4-10H,2-3H2,1H3/b7-4-/i10D. The molecule has 0 radical (unpaired) electrons. The number of rotatable bonds is 4. The molecule has 0 bridgehead atoms. The average Bonchev–Trinajstić information content (AvgIpc) is 2.29. The van der Waals surface area contributed by atoms with E-state index in [0.717, 1.165) is 18.4 Å². The molecule has 0 N–H and O–H groups in total. The van der Waals surface area contributed by atoms with Crippen LogP contribution in [0, 0.1) is 0 Å². The van der Waals surface area contributed by atoms with Crippen LogP contribution >= 0.6 is 0 Å². The first-order valence-corrected chi connectivity index (χ1v) is 4.77. The Kier molecular flexibility index (Phi) is 3.82. The fourth-order valence-electron chi connectivity index (χ4n) is 1.19. The molecule has 0 amide bonds. The number of unbranched alkanes of at least 4 members (excludes halogenated alkanes) is 1. The Morgan fingerprint density at radius 2 is 2.14 bits per heavy atom. The van der Waals surface area contributed by atoms with E-state index in [1.54, 1.807) is 12.0 Å². The first-order chi connectivity index (χ1) is 7.29. The van der Waals surface area contributed by atoms with Crippen LogP contribution in [0.2, 0.25) is 0 Å². The fourth-order valence-corrected chi connectivity index (χ4v) is 1.19. The van der Waals surface area contributed by atoms with Gasteiger partial charge in [-0.2, -0.15) is 0 Å². The highest BCUT2D eigenvalue weighted by Crippen LogP contribution is 2.11. The molecule has 0 aromatic heterocycles. The van der Waals surface area contributed by atoms with Gasteiger partial charge in [0, 0.05) is 6.05 Å². The van der Waals surface area contributed by atoms with E-state index in [0.29, 0.717) is 5.56 Å². The Hall–Kier alpha value is -1.59. The highest BCUT2D eigenvalue weighted by molar-refractivity contribution is 5.79. The SMILES string of the molecule is [2H]C(=C=O)c1ccccc1/C=C\CCC. The van der Waals surface area contributed by atoms with Gasteiger partial charge in [0.05, 0.1) is 1.37 Å². The van der Waals surface area contributed by atoms with Crippen molar-refractivity contribution in [2.75, 3.05) is 0 Å². The maximum absolute atomic E-state index is 10.4. The second-order valence-corrected chi connectivity index (χ2v) is 3.01. The Balaban J connectivity index is 3.01. The van der Waals surface area contributed by atoms with E-state index in [2.05, 4.69) is 13.0 Å².